The van der Waals surface area contributed by atoms with Crippen molar-refractivity contribution in [3.8, 4) is 0 Å². The maximum atomic E-state index is 2.66. The van der Waals surface area contributed by atoms with E-state index in [1.165, 1.54) is 45.4 Å². The van der Waals surface area contributed by atoms with Crippen LogP contribution in [0.4, 0.5) is 0 Å². The Kier molecular flexibility index (Phi) is 3.60. The Hall–Kier alpha value is -0.0800. The highest BCUT2D eigenvalue weighted by Gasteiger charge is 2.35. The van der Waals surface area contributed by atoms with Crippen molar-refractivity contribution in [3.05, 3.63) is 0 Å². The molecule has 1 unspecified atom stereocenters. The summed E-state index contributed by atoms with van der Waals surface area (Å²) >= 11 is 0. The standard InChI is InChI=1S/C14H28N2/c1-12(2)15-9-6-13(11-15)10-14(3,4)16-7-5-8-16/h12-13H,5-11H2,1-4H3. The van der Waals surface area contributed by atoms with Gasteiger partial charge in [0.15, 0.2) is 0 Å². The first-order valence-electron chi connectivity index (χ1n) is 6.98. The molecule has 2 nitrogen and oxygen atoms in total. The average Bonchev–Trinajstić information content (AvgIpc) is 2.46. The molecule has 0 aromatic rings. The van der Waals surface area contributed by atoms with Crippen LogP contribution in [0.1, 0.15) is 47.0 Å². The van der Waals surface area contributed by atoms with Crippen molar-refractivity contribution in [1.82, 2.24) is 9.80 Å². The summed E-state index contributed by atoms with van der Waals surface area (Å²) in [6, 6.07) is 0.733. The van der Waals surface area contributed by atoms with Crippen LogP contribution in [0.3, 0.4) is 0 Å². The SMILES string of the molecule is CC(C)N1CCC(CC(C)(C)N2CCC2)C1. The van der Waals surface area contributed by atoms with Crippen LogP contribution in [0.15, 0.2) is 0 Å². The van der Waals surface area contributed by atoms with Gasteiger partial charge in [0, 0.05) is 18.1 Å². The van der Waals surface area contributed by atoms with Gasteiger partial charge in [0.2, 0.25) is 0 Å². The molecule has 2 aliphatic rings. The van der Waals surface area contributed by atoms with Crippen molar-refractivity contribution in [3.63, 3.8) is 0 Å². The summed E-state index contributed by atoms with van der Waals surface area (Å²) in [5, 5.41) is 0. The molecule has 0 N–H and O–H groups in total. The molecule has 0 bridgehead atoms. The summed E-state index contributed by atoms with van der Waals surface area (Å²) in [5.41, 5.74) is 0.440. The molecule has 2 fully saturated rings. The molecule has 2 heterocycles. The summed E-state index contributed by atoms with van der Waals surface area (Å²) in [7, 11) is 0. The molecule has 0 aromatic heterocycles. The van der Waals surface area contributed by atoms with E-state index >= 15 is 0 Å². The number of likely N-dealkylation sites (tertiary alicyclic amines) is 2. The second-order valence-electron chi connectivity index (χ2n) is 6.60. The molecule has 0 saturated carbocycles. The van der Waals surface area contributed by atoms with Crippen molar-refractivity contribution in [1.29, 1.82) is 0 Å². The largest absolute Gasteiger partial charge is 0.301 e. The van der Waals surface area contributed by atoms with Crippen molar-refractivity contribution >= 4 is 0 Å². The quantitative estimate of drug-likeness (QED) is 0.724. The lowest BCUT2D eigenvalue weighted by molar-refractivity contribution is 0.0371. The third kappa shape index (κ3) is 2.60. The Morgan fingerprint density at radius 2 is 1.88 bits per heavy atom. The number of nitrogens with zero attached hydrogens (tertiary/aromatic N) is 2. The van der Waals surface area contributed by atoms with Crippen molar-refractivity contribution in [2.75, 3.05) is 26.2 Å². The maximum absolute atomic E-state index is 2.66. The highest BCUT2D eigenvalue weighted by atomic mass is 15.2. The van der Waals surface area contributed by atoms with Crippen molar-refractivity contribution in [2.24, 2.45) is 5.92 Å². The van der Waals surface area contributed by atoms with Gasteiger partial charge in [0.05, 0.1) is 0 Å². The zero-order valence-corrected chi connectivity index (χ0v) is 11.5. The Morgan fingerprint density at radius 1 is 1.19 bits per heavy atom. The Morgan fingerprint density at radius 3 is 2.31 bits per heavy atom. The van der Waals surface area contributed by atoms with E-state index in [0.29, 0.717) is 5.54 Å². The minimum Gasteiger partial charge on any atom is -0.301 e. The zero-order chi connectivity index (χ0) is 11.8. The summed E-state index contributed by atoms with van der Waals surface area (Å²) in [6.07, 6.45) is 4.21. The third-order valence-corrected chi connectivity index (χ3v) is 4.55. The topological polar surface area (TPSA) is 6.48 Å². The predicted molar refractivity (Wildman–Crippen MR) is 69.7 cm³/mol. The van der Waals surface area contributed by atoms with E-state index in [9.17, 15) is 0 Å². The summed E-state index contributed by atoms with van der Waals surface area (Å²) in [6.45, 7) is 14.8. The molecule has 0 amide bonds. The van der Waals surface area contributed by atoms with Gasteiger partial charge < -0.3 is 4.90 Å². The van der Waals surface area contributed by atoms with E-state index in [1.54, 1.807) is 0 Å². The number of rotatable bonds is 4. The summed E-state index contributed by atoms with van der Waals surface area (Å²) in [4.78, 5) is 5.29. The van der Waals surface area contributed by atoms with Gasteiger partial charge >= 0.3 is 0 Å². The van der Waals surface area contributed by atoms with Crippen molar-refractivity contribution in [2.45, 2.75) is 58.5 Å². The van der Waals surface area contributed by atoms with Gasteiger partial charge in [0.1, 0.15) is 0 Å². The van der Waals surface area contributed by atoms with Crippen LogP contribution in [0, 0.1) is 5.92 Å². The molecule has 2 saturated heterocycles. The number of hydrogen-bond acceptors (Lipinski definition) is 2. The molecular weight excluding hydrogens is 196 g/mol. The van der Waals surface area contributed by atoms with Crippen LogP contribution in [0.5, 0.6) is 0 Å². The van der Waals surface area contributed by atoms with Crippen LogP contribution in [-0.2, 0) is 0 Å². The van der Waals surface area contributed by atoms with E-state index < -0.39 is 0 Å². The second-order valence-corrected chi connectivity index (χ2v) is 6.60. The van der Waals surface area contributed by atoms with Crippen molar-refractivity contribution < 1.29 is 0 Å². The first kappa shape index (κ1) is 12.4. The van der Waals surface area contributed by atoms with Gasteiger partial charge in [-0.25, -0.2) is 0 Å². The van der Waals surface area contributed by atoms with Gasteiger partial charge in [-0.05, 0) is 72.5 Å². The van der Waals surface area contributed by atoms with Gasteiger partial charge in [-0.15, -0.1) is 0 Å². The highest BCUT2D eigenvalue weighted by molar-refractivity contribution is 4.91. The first-order valence-corrected chi connectivity index (χ1v) is 6.98. The minimum atomic E-state index is 0.440. The summed E-state index contributed by atoms with van der Waals surface area (Å²) in [5.74, 6) is 0.929. The van der Waals surface area contributed by atoms with Gasteiger partial charge in [-0.3, -0.25) is 4.90 Å². The first-order chi connectivity index (χ1) is 7.49. The molecule has 2 aliphatic heterocycles. The molecule has 0 aliphatic carbocycles. The molecule has 0 radical (unpaired) electrons. The van der Waals surface area contributed by atoms with E-state index in [-0.39, 0.29) is 0 Å². The third-order valence-electron chi connectivity index (χ3n) is 4.55. The molecule has 2 rings (SSSR count). The molecule has 2 heteroatoms. The van der Waals surface area contributed by atoms with Crippen LogP contribution in [0.2, 0.25) is 0 Å². The lowest BCUT2D eigenvalue weighted by atomic mass is 9.86. The van der Waals surface area contributed by atoms with E-state index in [2.05, 4.69) is 37.5 Å². The molecule has 0 spiro atoms. The lowest BCUT2D eigenvalue weighted by Gasteiger charge is -2.46. The maximum Gasteiger partial charge on any atom is 0.0156 e. The molecule has 1 atom stereocenters. The zero-order valence-electron chi connectivity index (χ0n) is 11.5. The molecule has 0 aromatic carbocycles. The number of hydrogen-bond donors (Lipinski definition) is 0. The second kappa shape index (κ2) is 4.66. The van der Waals surface area contributed by atoms with E-state index in [1.807, 2.05) is 0 Å². The molecular formula is C14H28N2. The fourth-order valence-electron chi connectivity index (χ4n) is 3.26. The fraction of sp³-hybridized carbons (Fsp3) is 1.00. The van der Waals surface area contributed by atoms with Crippen LogP contribution >= 0.6 is 0 Å². The Labute approximate surface area is 101 Å². The van der Waals surface area contributed by atoms with Gasteiger partial charge in [0.25, 0.3) is 0 Å². The Bertz CT molecular complexity index is 231. The van der Waals surface area contributed by atoms with Crippen LogP contribution < -0.4 is 0 Å². The van der Waals surface area contributed by atoms with Gasteiger partial charge in [-0.2, -0.15) is 0 Å². The predicted octanol–water partition coefficient (Wildman–Crippen LogP) is 2.59. The van der Waals surface area contributed by atoms with E-state index in [0.717, 1.165) is 12.0 Å². The summed E-state index contributed by atoms with van der Waals surface area (Å²) < 4.78 is 0. The van der Waals surface area contributed by atoms with E-state index in [4.69, 9.17) is 0 Å². The minimum absolute atomic E-state index is 0.440. The monoisotopic (exact) mass is 224 g/mol. The highest BCUT2D eigenvalue weighted by Crippen LogP contribution is 2.32. The Balaban J connectivity index is 1.81. The van der Waals surface area contributed by atoms with Gasteiger partial charge in [-0.1, -0.05) is 0 Å². The normalized spacial score (nSPS) is 28.7. The van der Waals surface area contributed by atoms with Crippen LogP contribution in [-0.4, -0.2) is 47.6 Å². The average molecular weight is 224 g/mol. The lowest BCUT2D eigenvalue weighted by Crippen LogP contribution is -2.52. The molecule has 16 heavy (non-hydrogen) atoms. The smallest absolute Gasteiger partial charge is 0.0156 e. The fourth-order valence-corrected chi connectivity index (χ4v) is 3.26. The molecule has 94 valence electrons. The van der Waals surface area contributed by atoms with Crippen LogP contribution in [0.25, 0.3) is 0 Å².